The first-order chi connectivity index (χ1) is 10.7. The molecule has 22 heavy (non-hydrogen) atoms. The van der Waals surface area contributed by atoms with E-state index < -0.39 is 11.2 Å². The summed E-state index contributed by atoms with van der Waals surface area (Å²) in [4.78, 5) is 30.7. The van der Waals surface area contributed by atoms with Crippen LogP contribution < -0.4 is 16.0 Å². The summed E-state index contributed by atoms with van der Waals surface area (Å²) in [5.41, 5.74) is -1.15. The highest BCUT2D eigenvalue weighted by Gasteiger charge is 2.15. The molecule has 0 aliphatic carbocycles. The highest BCUT2D eigenvalue weighted by atomic mass is 16.5. The lowest BCUT2D eigenvalue weighted by Crippen LogP contribution is -2.35. The molecule has 0 fully saturated rings. The van der Waals surface area contributed by atoms with E-state index in [9.17, 15) is 9.59 Å². The summed E-state index contributed by atoms with van der Waals surface area (Å²) in [7, 11) is 0. The predicted octanol–water partition coefficient (Wildman–Crippen LogP) is 1.27. The molecule has 10 heteroatoms. The zero-order chi connectivity index (χ0) is 15.9. The molecule has 2 rings (SSSR count). The molecule has 2 heterocycles. The van der Waals surface area contributed by atoms with Crippen LogP contribution in [0.15, 0.2) is 26.1 Å². The fraction of sp³-hybridized carbons (Fsp3) is 0.500. The Morgan fingerprint density at radius 2 is 2.14 bits per heavy atom. The molecule has 0 aliphatic heterocycles. The van der Waals surface area contributed by atoms with Crippen molar-refractivity contribution in [1.82, 2.24) is 24.7 Å². The van der Waals surface area contributed by atoms with Gasteiger partial charge in [-0.3, -0.25) is 14.3 Å². The number of hydrogen-bond donors (Lipinski definition) is 2. The van der Waals surface area contributed by atoms with Gasteiger partial charge in [0, 0.05) is 6.54 Å². The number of aromatic nitrogens is 5. The quantitative estimate of drug-likeness (QED) is 0.744. The highest BCUT2D eigenvalue weighted by molar-refractivity contribution is 5.44. The van der Waals surface area contributed by atoms with Crippen molar-refractivity contribution in [2.75, 3.05) is 6.61 Å². The summed E-state index contributed by atoms with van der Waals surface area (Å²) in [6.07, 6.45) is 2.83. The predicted molar refractivity (Wildman–Crippen MR) is 78.0 cm³/mol. The first kappa shape index (κ1) is 15.6. The molecular weight excluding hydrogens is 290 g/mol. The summed E-state index contributed by atoms with van der Waals surface area (Å²) in [6, 6.07) is 0. The van der Waals surface area contributed by atoms with E-state index >= 15 is 0 Å². The van der Waals surface area contributed by atoms with Gasteiger partial charge in [-0.1, -0.05) is 13.3 Å². The Labute approximate surface area is 125 Å². The van der Waals surface area contributed by atoms with Crippen LogP contribution >= 0.6 is 0 Å². The van der Waals surface area contributed by atoms with Gasteiger partial charge in [-0.2, -0.15) is 10.1 Å². The van der Waals surface area contributed by atoms with Gasteiger partial charge in [0.05, 0.1) is 6.61 Å². The normalized spacial score (nSPS) is 11.2. The summed E-state index contributed by atoms with van der Waals surface area (Å²) in [6.45, 7) is 4.29. The summed E-state index contributed by atoms with van der Waals surface area (Å²) < 4.78 is 6.34. The van der Waals surface area contributed by atoms with Crippen molar-refractivity contribution >= 4 is 11.6 Å². The molecule has 0 spiro atoms. The van der Waals surface area contributed by atoms with Gasteiger partial charge < -0.3 is 4.74 Å². The van der Waals surface area contributed by atoms with E-state index in [4.69, 9.17) is 4.74 Å². The van der Waals surface area contributed by atoms with Crippen LogP contribution in [0.3, 0.4) is 0 Å². The molecule has 2 N–H and O–H groups in total. The van der Waals surface area contributed by atoms with E-state index in [1.54, 1.807) is 6.92 Å². The minimum absolute atomic E-state index is 0.00601. The molecule has 2 aromatic rings. The number of ether oxygens (including phenoxy) is 1. The van der Waals surface area contributed by atoms with Gasteiger partial charge in [-0.15, -0.1) is 10.2 Å². The highest BCUT2D eigenvalue weighted by Crippen LogP contribution is 2.20. The number of azo groups is 1. The van der Waals surface area contributed by atoms with Crippen molar-refractivity contribution in [2.45, 2.75) is 33.2 Å². The summed E-state index contributed by atoms with van der Waals surface area (Å²) in [5, 5.41) is 13.7. The van der Waals surface area contributed by atoms with Crippen LogP contribution in [0.25, 0.3) is 0 Å². The molecule has 0 radical (unpaired) electrons. The largest absolute Gasteiger partial charge is 0.477 e. The summed E-state index contributed by atoms with van der Waals surface area (Å²) >= 11 is 0. The van der Waals surface area contributed by atoms with E-state index in [0.29, 0.717) is 13.0 Å². The fourth-order valence-electron chi connectivity index (χ4n) is 1.74. The molecule has 0 aromatic carbocycles. The maximum Gasteiger partial charge on any atom is 0.331 e. The lowest BCUT2D eigenvalue weighted by Gasteiger charge is -2.08. The lowest BCUT2D eigenvalue weighted by atomic mass is 10.3. The standard InChI is InChI=1S/C12H17N7O3/c1-3-5-6-19-10(20)8(9(22-4-2)15-12(19)21)16-18-11-13-7-14-17-11/h7H,3-6H2,1-2H3,(H,15,21)(H,13,14,17). The molecule has 0 unspecified atom stereocenters. The van der Waals surface area contributed by atoms with E-state index in [0.717, 1.165) is 11.0 Å². The van der Waals surface area contributed by atoms with E-state index in [2.05, 4.69) is 30.4 Å². The zero-order valence-corrected chi connectivity index (χ0v) is 12.4. The Kier molecular flexibility index (Phi) is 5.17. The van der Waals surface area contributed by atoms with Gasteiger partial charge >= 0.3 is 5.69 Å². The maximum atomic E-state index is 12.4. The van der Waals surface area contributed by atoms with Gasteiger partial charge in [0.2, 0.25) is 11.6 Å². The molecule has 0 saturated carbocycles. The number of aromatic amines is 2. The minimum atomic E-state index is -0.552. The van der Waals surface area contributed by atoms with Gasteiger partial charge in [0.1, 0.15) is 6.33 Å². The molecule has 0 atom stereocenters. The third-order valence-electron chi connectivity index (χ3n) is 2.80. The molecular formula is C12H17N7O3. The number of unbranched alkanes of at least 4 members (excludes halogenated alkanes) is 1. The monoisotopic (exact) mass is 307 g/mol. The minimum Gasteiger partial charge on any atom is -0.477 e. The first-order valence-corrected chi connectivity index (χ1v) is 6.94. The zero-order valence-electron chi connectivity index (χ0n) is 12.4. The molecule has 0 bridgehead atoms. The average molecular weight is 307 g/mol. The van der Waals surface area contributed by atoms with Crippen LogP contribution in [-0.4, -0.2) is 31.3 Å². The number of nitrogens with zero attached hydrogens (tertiary/aromatic N) is 5. The van der Waals surface area contributed by atoms with Gasteiger partial charge in [0.25, 0.3) is 11.5 Å². The molecule has 0 amide bonds. The van der Waals surface area contributed by atoms with Crippen LogP contribution in [0.1, 0.15) is 26.7 Å². The molecule has 118 valence electrons. The Balaban J connectivity index is 2.48. The molecule has 0 saturated heterocycles. The van der Waals surface area contributed by atoms with E-state index in [1.807, 2.05) is 6.92 Å². The van der Waals surface area contributed by atoms with Crippen LogP contribution in [0.5, 0.6) is 5.88 Å². The van der Waals surface area contributed by atoms with E-state index in [-0.39, 0.29) is 24.1 Å². The van der Waals surface area contributed by atoms with Crippen molar-refractivity contribution in [1.29, 1.82) is 0 Å². The van der Waals surface area contributed by atoms with Crippen molar-refractivity contribution in [3.05, 3.63) is 27.2 Å². The Bertz CT molecular complexity index is 745. The maximum absolute atomic E-state index is 12.4. The third kappa shape index (κ3) is 3.45. The van der Waals surface area contributed by atoms with Gasteiger partial charge in [-0.05, 0) is 13.3 Å². The molecule has 2 aromatic heterocycles. The van der Waals surface area contributed by atoms with Crippen molar-refractivity contribution < 1.29 is 4.74 Å². The van der Waals surface area contributed by atoms with Crippen molar-refractivity contribution in [3.8, 4) is 5.88 Å². The van der Waals surface area contributed by atoms with Crippen molar-refractivity contribution in [2.24, 2.45) is 10.2 Å². The molecule has 10 nitrogen and oxygen atoms in total. The smallest absolute Gasteiger partial charge is 0.331 e. The van der Waals surface area contributed by atoms with Crippen LogP contribution in [-0.2, 0) is 6.54 Å². The van der Waals surface area contributed by atoms with Gasteiger partial charge in [-0.25, -0.2) is 9.89 Å². The second-order valence-corrected chi connectivity index (χ2v) is 4.36. The average Bonchev–Trinajstić information content (AvgIpc) is 3.00. The Morgan fingerprint density at radius 3 is 2.77 bits per heavy atom. The number of rotatable bonds is 7. The second kappa shape index (κ2) is 7.29. The van der Waals surface area contributed by atoms with E-state index in [1.165, 1.54) is 6.33 Å². The Hall–Kier alpha value is -2.78. The SMILES string of the molecule is CCCCn1c(=O)[nH]c(OCC)c(N=Nc2ncn[nH]2)c1=O. The van der Waals surface area contributed by atoms with Crippen molar-refractivity contribution in [3.63, 3.8) is 0 Å². The number of hydrogen-bond acceptors (Lipinski definition) is 7. The third-order valence-corrected chi connectivity index (χ3v) is 2.80. The fourth-order valence-corrected chi connectivity index (χ4v) is 1.74. The van der Waals surface area contributed by atoms with Crippen LogP contribution in [0.2, 0.25) is 0 Å². The van der Waals surface area contributed by atoms with Crippen LogP contribution in [0, 0.1) is 0 Å². The summed E-state index contributed by atoms with van der Waals surface area (Å²) in [5.74, 6) is 0.140. The lowest BCUT2D eigenvalue weighted by molar-refractivity contribution is 0.323. The Morgan fingerprint density at radius 1 is 1.32 bits per heavy atom. The second-order valence-electron chi connectivity index (χ2n) is 4.36. The molecule has 0 aliphatic rings. The number of H-pyrrole nitrogens is 2. The first-order valence-electron chi connectivity index (χ1n) is 6.94. The number of nitrogens with one attached hydrogen (secondary N) is 2. The van der Waals surface area contributed by atoms with Crippen LogP contribution in [0.4, 0.5) is 11.6 Å². The van der Waals surface area contributed by atoms with Gasteiger partial charge in [0.15, 0.2) is 0 Å². The topological polar surface area (TPSA) is 130 Å².